The van der Waals surface area contributed by atoms with Crippen molar-refractivity contribution in [2.75, 3.05) is 31.2 Å². The highest BCUT2D eigenvalue weighted by Gasteiger charge is 2.17. The Morgan fingerprint density at radius 3 is 2.56 bits per heavy atom. The third kappa shape index (κ3) is 5.11. The van der Waals surface area contributed by atoms with Gasteiger partial charge in [0, 0.05) is 30.1 Å². The molecule has 1 atom stereocenters. The van der Waals surface area contributed by atoms with Gasteiger partial charge in [0.05, 0.1) is 19.3 Å². The van der Waals surface area contributed by atoms with Gasteiger partial charge in [-0.2, -0.15) is 0 Å². The SMILES string of the molecule is CC(NC(=O)c1ccccc1CSc1nc2ccccc2o1)c1ccc(N2CCOCC2)cc1. The van der Waals surface area contributed by atoms with Gasteiger partial charge in [0.1, 0.15) is 5.52 Å². The first-order valence-electron chi connectivity index (χ1n) is 11.5. The van der Waals surface area contributed by atoms with Gasteiger partial charge in [-0.3, -0.25) is 4.79 Å². The zero-order valence-electron chi connectivity index (χ0n) is 19.1. The third-order valence-corrected chi connectivity index (χ3v) is 6.88. The monoisotopic (exact) mass is 473 g/mol. The number of benzene rings is 3. The van der Waals surface area contributed by atoms with Crippen LogP contribution in [-0.4, -0.2) is 37.2 Å². The van der Waals surface area contributed by atoms with E-state index in [1.807, 2.05) is 55.5 Å². The minimum absolute atomic E-state index is 0.0847. The van der Waals surface area contributed by atoms with Crippen molar-refractivity contribution in [2.24, 2.45) is 0 Å². The van der Waals surface area contributed by atoms with E-state index in [1.165, 1.54) is 17.4 Å². The molecule has 1 aromatic heterocycles. The number of thioether (sulfide) groups is 1. The van der Waals surface area contributed by atoms with E-state index in [9.17, 15) is 4.79 Å². The average Bonchev–Trinajstić information content (AvgIpc) is 3.31. The lowest BCUT2D eigenvalue weighted by Crippen LogP contribution is -2.36. The molecule has 1 aliphatic heterocycles. The molecule has 0 saturated carbocycles. The van der Waals surface area contributed by atoms with Crippen LogP contribution in [-0.2, 0) is 10.5 Å². The standard InChI is InChI=1S/C27H27N3O3S/c1-19(20-10-12-22(13-11-20)30-14-16-32-17-15-30)28-26(31)23-7-3-2-6-21(23)18-34-27-29-24-8-4-5-9-25(24)33-27/h2-13,19H,14-18H2,1H3,(H,28,31). The maximum absolute atomic E-state index is 13.1. The summed E-state index contributed by atoms with van der Waals surface area (Å²) in [7, 11) is 0. The van der Waals surface area contributed by atoms with Crippen molar-refractivity contribution in [3.63, 3.8) is 0 Å². The maximum Gasteiger partial charge on any atom is 0.257 e. The number of fused-ring (bicyclic) bond motifs is 1. The van der Waals surface area contributed by atoms with Gasteiger partial charge in [0.2, 0.25) is 0 Å². The van der Waals surface area contributed by atoms with Crippen molar-refractivity contribution in [1.82, 2.24) is 10.3 Å². The highest BCUT2D eigenvalue weighted by Crippen LogP contribution is 2.28. The van der Waals surface area contributed by atoms with Crippen LogP contribution in [0.15, 0.2) is 82.4 Å². The summed E-state index contributed by atoms with van der Waals surface area (Å²) >= 11 is 1.49. The number of ether oxygens (including phenoxy) is 1. The van der Waals surface area contributed by atoms with Crippen molar-refractivity contribution < 1.29 is 13.9 Å². The highest BCUT2D eigenvalue weighted by molar-refractivity contribution is 7.98. The molecule has 3 aromatic carbocycles. The van der Waals surface area contributed by atoms with E-state index in [1.54, 1.807) is 0 Å². The number of morpholine rings is 1. The van der Waals surface area contributed by atoms with E-state index in [0.717, 1.165) is 48.5 Å². The van der Waals surface area contributed by atoms with Crippen LogP contribution in [0.4, 0.5) is 5.69 Å². The largest absolute Gasteiger partial charge is 0.431 e. The number of carbonyl (C=O) groups excluding carboxylic acids is 1. The molecule has 174 valence electrons. The molecular weight excluding hydrogens is 446 g/mol. The number of oxazole rings is 1. The third-order valence-electron chi connectivity index (χ3n) is 6.00. The van der Waals surface area contributed by atoms with Crippen LogP contribution in [0.3, 0.4) is 0 Å². The molecule has 0 radical (unpaired) electrons. The predicted molar refractivity (Wildman–Crippen MR) is 135 cm³/mol. The summed E-state index contributed by atoms with van der Waals surface area (Å²) in [5, 5.41) is 3.75. The molecule has 1 saturated heterocycles. The number of nitrogens with zero attached hydrogens (tertiary/aromatic N) is 2. The minimum Gasteiger partial charge on any atom is -0.431 e. The minimum atomic E-state index is -0.107. The smallest absolute Gasteiger partial charge is 0.257 e. The Balaban J connectivity index is 1.23. The van der Waals surface area contributed by atoms with Gasteiger partial charge in [0.25, 0.3) is 11.1 Å². The fraction of sp³-hybridized carbons (Fsp3) is 0.259. The second-order valence-corrected chi connectivity index (χ2v) is 9.21. The Morgan fingerprint density at radius 1 is 1.03 bits per heavy atom. The van der Waals surface area contributed by atoms with Crippen LogP contribution in [0.25, 0.3) is 11.1 Å². The molecule has 1 amide bonds. The van der Waals surface area contributed by atoms with Gasteiger partial charge in [0.15, 0.2) is 5.58 Å². The van der Waals surface area contributed by atoms with E-state index >= 15 is 0 Å². The Labute approximate surface area is 203 Å². The van der Waals surface area contributed by atoms with Crippen molar-refractivity contribution >= 4 is 34.5 Å². The van der Waals surface area contributed by atoms with Crippen molar-refractivity contribution in [3.05, 3.63) is 89.5 Å². The molecule has 4 aromatic rings. The van der Waals surface area contributed by atoms with Crippen molar-refractivity contribution in [3.8, 4) is 0 Å². The van der Waals surface area contributed by atoms with Gasteiger partial charge in [-0.1, -0.05) is 54.2 Å². The summed E-state index contributed by atoms with van der Waals surface area (Å²) in [6.07, 6.45) is 0. The molecule has 1 unspecified atom stereocenters. The lowest BCUT2D eigenvalue weighted by Gasteiger charge is -2.29. The Bertz CT molecular complexity index is 1230. The fourth-order valence-corrected chi connectivity index (χ4v) is 4.92. The van der Waals surface area contributed by atoms with Crippen molar-refractivity contribution in [1.29, 1.82) is 0 Å². The number of carbonyl (C=O) groups is 1. The van der Waals surface area contributed by atoms with E-state index in [2.05, 4.69) is 39.5 Å². The quantitative estimate of drug-likeness (QED) is 0.360. The van der Waals surface area contributed by atoms with Crippen LogP contribution >= 0.6 is 11.8 Å². The molecule has 1 fully saturated rings. The highest BCUT2D eigenvalue weighted by atomic mass is 32.2. The van der Waals surface area contributed by atoms with Gasteiger partial charge in [-0.15, -0.1) is 0 Å². The molecule has 1 N–H and O–H groups in total. The topological polar surface area (TPSA) is 67.6 Å². The summed E-state index contributed by atoms with van der Waals surface area (Å²) < 4.78 is 11.2. The van der Waals surface area contributed by atoms with E-state index in [4.69, 9.17) is 9.15 Å². The first-order chi connectivity index (χ1) is 16.7. The van der Waals surface area contributed by atoms with E-state index in [-0.39, 0.29) is 11.9 Å². The van der Waals surface area contributed by atoms with Crippen LogP contribution in [0.2, 0.25) is 0 Å². The van der Waals surface area contributed by atoms with E-state index < -0.39 is 0 Å². The number of hydrogen-bond acceptors (Lipinski definition) is 6. The fourth-order valence-electron chi connectivity index (χ4n) is 4.07. The van der Waals surface area contributed by atoms with Crippen molar-refractivity contribution in [2.45, 2.75) is 23.9 Å². The zero-order chi connectivity index (χ0) is 23.3. The maximum atomic E-state index is 13.1. The first-order valence-corrected chi connectivity index (χ1v) is 12.5. The predicted octanol–water partition coefficient (Wildman–Crippen LogP) is 5.45. The first kappa shape index (κ1) is 22.5. The molecule has 7 heteroatoms. The Morgan fingerprint density at radius 2 is 1.76 bits per heavy atom. The second kappa shape index (κ2) is 10.3. The molecule has 2 heterocycles. The Kier molecular flexibility index (Phi) is 6.83. The number of rotatable bonds is 7. The number of amides is 1. The van der Waals surface area contributed by atoms with Gasteiger partial charge >= 0.3 is 0 Å². The van der Waals surface area contributed by atoms with Crippen LogP contribution < -0.4 is 10.2 Å². The molecular formula is C27H27N3O3S. The van der Waals surface area contributed by atoms with Gasteiger partial charge in [-0.25, -0.2) is 4.98 Å². The number of para-hydroxylation sites is 2. The van der Waals surface area contributed by atoms with E-state index in [0.29, 0.717) is 16.5 Å². The summed E-state index contributed by atoms with van der Waals surface area (Å²) in [6.45, 7) is 5.35. The second-order valence-electron chi connectivity index (χ2n) is 8.28. The van der Waals surface area contributed by atoms with Crippen LogP contribution in [0.1, 0.15) is 34.5 Å². The normalized spacial score (nSPS) is 14.8. The lowest BCUT2D eigenvalue weighted by atomic mass is 10.0. The molecule has 6 nitrogen and oxygen atoms in total. The molecule has 34 heavy (non-hydrogen) atoms. The molecule has 0 bridgehead atoms. The summed E-state index contributed by atoms with van der Waals surface area (Å²) in [4.78, 5) is 20.0. The molecule has 5 rings (SSSR count). The number of nitrogens with one attached hydrogen (secondary N) is 1. The lowest BCUT2D eigenvalue weighted by molar-refractivity contribution is 0.0939. The Hall–Kier alpha value is -3.29. The molecule has 1 aliphatic rings. The van der Waals surface area contributed by atoms with Crippen LogP contribution in [0, 0.1) is 0 Å². The number of anilines is 1. The van der Waals surface area contributed by atoms with Crippen LogP contribution in [0.5, 0.6) is 0 Å². The summed E-state index contributed by atoms with van der Waals surface area (Å²) in [5.41, 5.74) is 5.48. The average molecular weight is 474 g/mol. The number of aromatic nitrogens is 1. The summed E-state index contributed by atoms with van der Waals surface area (Å²) in [5.74, 6) is 0.512. The van der Waals surface area contributed by atoms with Gasteiger partial charge < -0.3 is 19.4 Å². The zero-order valence-corrected chi connectivity index (χ0v) is 19.9. The molecule has 0 aliphatic carbocycles. The number of hydrogen-bond donors (Lipinski definition) is 1. The summed E-state index contributed by atoms with van der Waals surface area (Å²) in [6, 6.07) is 23.7. The molecule has 0 spiro atoms. The van der Waals surface area contributed by atoms with Gasteiger partial charge in [-0.05, 0) is 48.4 Å².